The van der Waals surface area contributed by atoms with Crippen LogP contribution < -0.4 is 4.74 Å². The molecular formula is C38H46O20. The van der Waals surface area contributed by atoms with Gasteiger partial charge in [-0.15, -0.1) is 0 Å². The van der Waals surface area contributed by atoms with Gasteiger partial charge in [0.15, 0.2) is 18.3 Å². The van der Waals surface area contributed by atoms with Crippen molar-refractivity contribution in [2.45, 2.75) is 102 Å². The van der Waals surface area contributed by atoms with Crippen molar-refractivity contribution < 1.29 is 96.6 Å². The Labute approximate surface area is 331 Å². The summed E-state index contributed by atoms with van der Waals surface area (Å²) in [6.45, 7) is 3.67. The van der Waals surface area contributed by atoms with Gasteiger partial charge in [-0.05, 0) is 23.8 Å². The van der Waals surface area contributed by atoms with Crippen molar-refractivity contribution in [1.29, 1.82) is 0 Å². The maximum atomic E-state index is 13.3. The van der Waals surface area contributed by atoms with Gasteiger partial charge in [0.05, 0.1) is 25.6 Å². The molecule has 20 nitrogen and oxygen atoms in total. The number of carbonyl (C=O) groups is 6. The lowest BCUT2D eigenvalue weighted by atomic mass is 9.83. The Hall–Kier alpha value is -4.96. The first-order chi connectivity index (χ1) is 27.5. The fourth-order valence-electron chi connectivity index (χ4n) is 7.14. The van der Waals surface area contributed by atoms with Gasteiger partial charge in [0.2, 0.25) is 18.9 Å². The molecule has 0 radical (unpaired) electrons. The number of Topliss-reactive ketones (excluding diaryl/α,β-unsaturated/α-hetero) is 1. The zero-order valence-electron chi connectivity index (χ0n) is 32.1. The minimum Gasteiger partial charge on any atom is -0.472 e. The molecule has 14 unspecified atom stereocenters. The average molecular weight is 823 g/mol. The van der Waals surface area contributed by atoms with Crippen molar-refractivity contribution in [3.63, 3.8) is 0 Å². The van der Waals surface area contributed by atoms with E-state index in [4.69, 9.17) is 47.4 Å². The normalized spacial score (nSPS) is 34.5. The van der Waals surface area contributed by atoms with Crippen LogP contribution >= 0.6 is 0 Å². The molecule has 3 aliphatic heterocycles. The van der Waals surface area contributed by atoms with Crippen LogP contribution in [0.25, 0.3) is 6.08 Å². The van der Waals surface area contributed by atoms with Crippen LogP contribution in [0.5, 0.6) is 5.75 Å². The molecule has 4 N–H and O–H groups in total. The highest BCUT2D eigenvalue weighted by molar-refractivity contribution is 5.93. The Kier molecular flexibility index (Phi) is 14.6. The molecule has 0 spiro atoms. The highest BCUT2D eigenvalue weighted by atomic mass is 16.8. The van der Waals surface area contributed by atoms with E-state index in [-0.39, 0.29) is 23.5 Å². The van der Waals surface area contributed by atoms with E-state index in [0.29, 0.717) is 5.56 Å². The Morgan fingerprint density at radius 1 is 0.810 bits per heavy atom. The van der Waals surface area contributed by atoms with Gasteiger partial charge in [-0.25, -0.2) is 9.59 Å². The number of hydrogen-bond donors (Lipinski definition) is 4. The van der Waals surface area contributed by atoms with Crippen molar-refractivity contribution in [3.8, 4) is 5.75 Å². The van der Waals surface area contributed by atoms with Crippen LogP contribution in [-0.4, -0.2) is 144 Å². The standard InChI is InChI=1S/C38H46O20/c1-16-24(43)12-22-23(35(48)49-5)14-51-36(28(16)22)58-38-34(53-19(4)42)33(52-18(3)41)32(26(56-38)15-50-17(2)40)57-27(44)11-8-20-6-9-21(10-7-20)54-37-31(47)30(46)29(45)25(13-39)55-37/h6-11,14,16,22,25-26,28-34,36-39,45-47H,12-13,15H2,1-5H3. The van der Waals surface area contributed by atoms with Crippen LogP contribution in [0.1, 0.15) is 39.7 Å². The Bertz CT molecular complexity index is 1740. The van der Waals surface area contributed by atoms with E-state index in [1.54, 1.807) is 6.92 Å². The van der Waals surface area contributed by atoms with E-state index in [1.165, 1.54) is 37.5 Å². The molecule has 14 atom stereocenters. The smallest absolute Gasteiger partial charge is 0.337 e. The number of methoxy groups -OCH3 is 1. The van der Waals surface area contributed by atoms with E-state index in [9.17, 15) is 49.2 Å². The Morgan fingerprint density at radius 2 is 1.47 bits per heavy atom. The van der Waals surface area contributed by atoms with E-state index >= 15 is 0 Å². The topological polar surface area (TPSA) is 276 Å². The molecule has 3 heterocycles. The highest BCUT2D eigenvalue weighted by Crippen LogP contribution is 2.46. The molecule has 0 amide bonds. The molecule has 1 aromatic carbocycles. The number of benzene rings is 1. The predicted octanol–water partition coefficient (Wildman–Crippen LogP) is -0.787. The molecule has 5 rings (SSSR count). The zero-order chi connectivity index (χ0) is 42.4. The molecule has 4 aliphatic rings. The van der Waals surface area contributed by atoms with Crippen molar-refractivity contribution >= 4 is 41.7 Å². The SMILES string of the molecule is COC(=O)C1=COC(OC2OC(COC(C)=O)C(OC(=O)C=Cc3ccc(OC4OC(CO)C(O)C(O)C4O)cc3)C(OC(C)=O)C2OC(C)=O)C2C(C)C(=O)CC12. The number of carbonyl (C=O) groups excluding carboxylic acids is 6. The second kappa shape index (κ2) is 19.2. The summed E-state index contributed by atoms with van der Waals surface area (Å²) in [6.07, 6.45) is -13.1. The molecule has 58 heavy (non-hydrogen) atoms. The van der Waals surface area contributed by atoms with Gasteiger partial charge in [-0.2, -0.15) is 0 Å². The van der Waals surface area contributed by atoms with Crippen LogP contribution in [-0.2, 0) is 71.4 Å². The molecule has 0 aromatic heterocycles. The van der Waals surface area contributed by atoms with Crippen molar-refractivity contribution in [2.75, 3.05) is 20.3 Å². The van der Waals surface area contributed by atoms with Crippen molar-refractivity contribution in [1.82, 2.24) is 0 Å². The summed E-state index contributed by atoms with van der Waals surface area (Å²) in [6, 6.07) is 5.92. The fourth-order valence-corrected chi connectivity index (χ4v) is 7.14. The fraction of sp³-hybridized carbons (Fsp3) is 0.579. The number of esters is 5. The summed E-state index contributed by atoms with van der Waals surface area (Å²) in [5.74, 6) is -6.26. The van der Waals surface area contributed by atoms with Gasteiger partial charge < -0.3 is 67.8 Å². The highest BCUT2D eigenvalue weighted by Gasteiger charge is 2.57. The monoisotopic (exact) mass is 822 g/mol. The molecule has 3 fully saturated rings. The Balaban J connectivity index is 1.36. The van der Waals surface area contributed by atoms with E-state index in [0.717, 1.165) is 33.1 Å². The van der Waals surface area contributed by atoms with E-state index < -0.39 is 129 Å². The third-order valence-electron chi connectivity index (χ3n) is 9.99. The molecule has 1 saturated carbocycles. The summed E-state index contributed by atoms with van der Waals surface area (Å²) >= 11 is 0. The van der Waals surface area contributed by atoms with Gasteiger partial charge in [0.25, 0.3) is 0 Å². The quantitative estimate of drug-likeness (QED) is 0.108. The molecule has 1 aromatic rings. The molecule has 2 saturated heterocycles. The summed E-state index contributed by atoms with van der Waals surface area (Å²) in [7, 11) is 1.18. The number of fused-ring (bicyclic) bond motifs is 1. The van der Waals surface area contributed by atoms with Crippen molar-refractivity contribution in [3.05, 3.63) is 47.7 Å². The second-order valence-corrected chi connectivity index (χ2v) is 14.0. The average Bonchev–Trinajstić information content (AvgIpc) is 3.48. The largest absolute Gasteiger partial charge is 0.472 e. The van der Waals surface area contributed by atoms with Gasteiger partial charge in [-0.3, -0.25) is 19.2 Å². The minimum absolute atomic E-state index is 0.00829. The van der Waals surface area contributed by atoms with Crippen LogP contribution in [0.15, 0.2) is 42.2 Å². The number of aliphatic hydroxyl groups excluding tert-OH is 4. The first kappa shape index (κ1) is 44.1. The molecule has 1 aliphatic carbocycles. The summed E-state index contributed by atoms with van der Waals surface area (Å²) in [5, 5.41) is 39.7. The third kappa shape index (κ3) is 10.2. The minimum atomic E-state index is -1.64. The maximum absolute atomic E-state index is 13.3. The number of aliphatic hydroxyl groups is 4. The molecule has 20 heteroatoms. The Morgan fingerprint density at radius 3 is 2.09 bits per heavy atom. The predicted molar refractivity (Wildman–Crippen MR) is 188 cm³/mol. The lowest BCUT2D eigenvalue weighted by Crippen LogP contribution is -2.63. The van der Waals surface area contributed by atoms with Gasteiger partial charge in [0.1, 0.15) is 48.7 Å². The van der Waals surface area contributed by atoms with Gasteiger partial charge in [-0.1, -0.05) is 19.1 Å². The third-order valence-corrected chi connectivity index (χ3v) is 9.99. The van der Waals surface area contributed by atoms with Crippen LogP contribution in [0.2, 0.25) is 0 Å². The van der Waals surface area contributed by atoms with Crippen LogP contribution in [0.3, 0.4) is 0 Å². The lowest BCUT2D eigenvalue weighted by molar-refractivity contribution is -0.344. The number of ketones is 1. The zero-order valence-corrected chi connectivity index (χ0v) is 32.1. The summed E-state index contributed by atoms with van der Waals surface area (Å²) in [4.78, 5) is 75.5. The first-order valence-electron chi connectivity index (χ1n) is 18.2. The van der Waals surface area contributed by atoms with E-state index in [1.807, 2.05) is 0 Å². The van der Waals surface area contributed by atoms with Crippen LogP contribution in [0.4, 0.5) is 0 Å². The number of ether oxygens (including phenoxy) is 10. The van der Waals surface area contributed by atoms with Crippen LogP contribution in [0, 0.1) is 17.8 Å². The van der Waals surface area contributed by atoms with E-state index in [2.05, 4.69) is 0 Å². The van der Waals surface area contributed by atoms with Gasteiger partial charge >= 0.3 is 29.8 Å². The van der Waals surface area contributed by atoms with Gasteiger partial charge in [0, 0.05) is 51.0 Å². The first-order valence-corrected chi connectivity index (χ1v) is 18.2. The second-order valence-electron chi connectivity index (χ2n) is 14.0. The maximum Gasteiger partial charge on any atom is 0.337 e. The molecule has 318 valence electrons. The lowest BCUT2D eigenvalue weighted by Gasteiger charge is -2.45. The number of rotatable bonds is 13. The molecule has 0 bridgehead atoms. The molecular weight excluding hydrogens is 776 g/mol. The number of hydrogen-bond acceptors (Lipinski definition) is 20. The summed E-state index contributed by atoms with van der Waals surface area (Å²) < 4.78 is 55.9. The van der Waals surface area contributed by atoms with Crippen molar-refractivity contribution in [2.24, 2.45) is 17.8 Å². The summed E-state index contributed by atoms with van der Waals surface area (Å²) in [5.41, 5.74) is 0.557.